The van der Waals surface area contributed by atoms with Gasteiger partial charge in [-0.25, -0.2) is 0 Å². The van der Waals surface area contributed by atoms with E-state index in [1.807, 2.05) is 0 Å². The zero-order valence-electron chi connectivity index (χ0n) is 9.48. The average molecular weight is 245 g/mol. The number of ether oxygens (including phenoxy) is 1. The number of carbonyl (C=O) groups excluding carboxylic acids is 1. The second-order valence-electron chi connectivity index (χ2n) is 3.50. The molecule has 94 valence electrons. The molecule has 0 unspecified atom stereocenters. The van der Waals surface area contributed by atoms with Crippen molar-refractivity contribution in [3.05, 3.63) is 23.8 Å². The molecule has 1 rings (SSSR count). The molecule has 17 heavy (non-hydrogen) atoms. The van der Waals surface area contributed by atoms with Crippen molar-refractivity contribution in [1.82, 2.24) is 4.90 Å². The van der Waals surface area contributed by atoms with Crippen LogP contribution in [0, 0.1) is 0 Å². The Morgan fingerprint density at radius 1 is 1.53 bits per heavy atom. The molecular weight excluding hydrogens is 232 g/mol. The van der Waals surface area contributed by atoms with Crippen molar-refractivity contribution >= 4 is 5.91 Å². The zero-order valence-corrected chi connectivity index (χ0v) is 9.48. The van der Waals surface area contributed by atoms with Crippen molar-refractivity contribution in [2.45, 2.75) is 13.0 Å². The Bertz CT molecular complexity index is 410. The van der Waals surface area contributed by atoms with E-state index in [9.17, 15) is 18.7 Å². The van der Waals surface area contributed by atoms with Gasteiger partial charge in [0, 0.05) is 13.6 Å². The molecule has 0 saturated heterocycles. The summed E-state index contributed by atoms with van der Waals surface area (Å²) in [5.41, 5.74) is 0.594. The van der Waals surface area contributed by atoms with E-state index in [4.69, 9.17) is 4.74 Å². The van der Waals surface area contributed by atoms with Crippen LogP contribution in [-0.4, -0.2) is 36.5 Å². The third-order valence-corrected chi connectivity index (χ3v) is 2.23. The summed E-state index contributed by atoms with van der Waals surface area (Å²) in [4.78, 5) is 11.9. The predicted molar refractivity (Wildman–Crippen MR) is 57.1 cm³/mol. The molecule has 1 amide bonds. The fraction of sp³-hybridized carbons (Fsp3) is 0.364. The van der Waals surface area contributed by atoms with Gasteiger partial charge in [0.1, 0.15) is 0 Å². The van der Waals surface area contributed by atoms with Crippen LogP contribution in [-0.2, 0) is 11.3 Å². The molecule has 1 N–H and O–H groups in total. The number of hydrogen-bond donors (Lipinski definition) is 1. The van der Waals surface area contributed by atoms with E-state index in [0.717, 1.165) is 4.90 Å². The van der Waals surface area contributed by atoms with Crippen molar-refractivity contribution in [1.29, 1.82) is 0 Å². The smallest absolute Gasteiger partial charge is 0.315 e. The number of methoxy groups -OCH3 is 1. The summed E-state index contributed by atoms with van der Waals surface area (Å²) >= 11 is 0. The number of halogens is 2. The quantitative estimate of drug-likeness (QED) is 0.877. The molecule has 0 aliphatic rings. The van der Waals surface area contributed by atoms with Crippen molar-refractivity contribution in [2.24, 2.45) is 0 Å². The van der Waals surface area contributed by atoms with Gasteiger partial charge in [-0.2, -0.15) is 8.78 Å². The largest absolute Gasteiger partial charge is 0.504 e. The third-order valence-electron chi connectivity index (χ3n) is 2.23. The van der Waals surface area contributed by atoms with E-state index in [-0.39, 0.29) is 18.0 Å². The first-order valence-electron chi connectivity index (χ1n) is 4.84. The van der Waals surface area contributed by atoms with E-state index in [2.05, 4.69) is 0 Å². The molecule has 0 spiro atoms. The molecular formula is C11H13F2NO3. The maximum Gasteiger partial charge on any atom is 0.315 e. The lowest BCUT2D eigenvalue weighted by Crippen LogP contribution is -2.31. The molecule has 0 aliphatic carbocycles. The molecule has 0 aromatic heterocycles. The maximum absolute atomic E-state index is 12.1. The summed E-state index contributed by atoms with van der Waals surface area (Å²) in [5, 5.41) is 9.34. The molecule has 0 fully saturated rings. The third kappa shape index (κ3) is 3.30. The summed E-state index contributed by atoms with van der Waals surface area (Å²) < 4.78 is 29.1. The SMILES string of the molecule is COc1cc(CN(C)C(=O)C(F)F)ccc1O. The molecule has 0 aliphatic heterocycles. The summed E-state index contributed by atoms with van der Waals surface area (Å²) in [6.45, 7) is 0.0276. The highest BCUT2D eigenvalue weighted by atomic mass is 19.3. The van der Waals surface area contributed by atoms with E-state index in [1.54, 1.807) is 0 Å². The van der Waals surface area contributed by atoms with Crippen LogP contribution in [0.25, 0.3) is 0 Å². The first-order chi connectivity index (χ1) is 7.95. The predicted octanol–water partition coefficient (Wildman–Crippen LogP) is 1.62. The topological polar surface area (TPSA) is 49.8 Å². The molecule has 1 aromatic rings. The Morgan fingerprint density at radius 3 is 2.71 bits per heavy atom. The van der Waals surface area contributed by atoms with Crippen molar-refractivity contribution in [3.8, 4) is 11.5 Å². The van der Waals surface area contributed by atoms with Crippen LogP contribution in [0.2, 0.25) is 0 Å². The second kappa shape index (κ2) is 5.47. The maximum atomic E-state index is 12.1. The summed E-state index contributed by atoms with van der Waals surface area (Å²) in [6, 6.07) is 4.41. The lowest BCUT2D eigenvalue weighted by molar-refractivity contribution is -0.141. The van der Waals surface area contributed by atoms with Crippen LogP contribution in [0.3, 0.4) is 0 Å². The molecule has 0 atom stereocenters. The summed E-state index contributed by atoms with van der Waals surface area (Å²) in [7, 11) is 2.67. The standard InChI is InChI=1S/C11H13F2NO3/c1-14(11(16)10(12)13)6-7-3-4-8(15)9(5-7)17-2/h3-5,10,15H,6H2,1-2H3. The van der Waals surface area contributed by atoms with Crippen LogP contribution in [0.4, 0.5) is 8.78 Å². The Kier molecular flexibility index (Phi) is 4.25. The number of hydrogen-bond acceptors (Lipinski definition) is 3. The van der Waals surface area contributed by atoms with Gasteiger partial charge in [-0.15, -0.1) is 0 Å². The molecule has 0 saturated carbocycles. The molecule has 0 heterocycles. The van der Waals surface area contributed by atoms with Gasteiger partial charge < -0.3 is 14.7 Å². The molecule has 1 aromatic carbocycles. The molecule has 0 bridgehead atoms. The highest BCUT2D eigenvalue weighted by Gasteiger charge is 2.20. The highest BCUT2D eigenvalue weighted by Crippen LogP contribution is 2.26. The lowest BCUT2D eigenvalue weighted by atomic mass is 10.2. The minimum atomic E-state index is -3.01. The van der Waals surface area contributed by atoms with Gasteiger partial charge in [-0.05, 0) is 17.7 Å². The van der Waals surface area contributed by atoms with Crippen LogP contribution in [0.15, 0.2) is 18.2 Å². The van der Waals surface area contributed by atoms with E-state index >= 15 is 0 Å². The molecule has 4 nitrogen and oxygen atoms in total. The van der Waals surface area contributed by atoms with Gasteiger partial charge in [0.15, 0.2) is 11.5 Å². The first kappa shape index (κ1) is 13.2. The number of nitrogens with zero attached hydrogens (tertiary/aromatic N) is 1. The second-order valence-corrected chi connectivity index (χ2v) is 3.50. The number of benzene rings is 1. The number of rotatable bonds is 4. The lowest BCUT2D eigenvalue weighted by Gasteiger charge is -2.17. The Hall–Kier alpha value is -1.85. The van der Waals surface area contributed by atoms with Gasteiger partial charge in [0.2, 0.25) is 0 Å². The van der Waals surface area contributed by atoms with E-state index in [1.165, 1.54) is 32.4 Å². The van der Waals surface area contributed by atoms with E-state index in [0.29, 0.717) is 5.56 Å². The number of carbonyl (C=O) groups is 1. The molecule has 6 heteroatoms. The number of amides is 1. The van der Waals surface area contributed by atoms with Gasteiger partial charge in [0.05, 0.1) is 7.11 Å². The van der Waals surface area contributed by atoms with Crippen LogP contribution in [0.5, 0.6) is 11.5 Å². The van der Waals surface area contributed by atoms with Gasteiger partial charge in [-0.1, -0.05) is 6.07 Å². The zero-order chi connectivity index (χ0) is 13.0. The highest BCUT2D eigenvalue weighted by molar-refractivity contribution is 5.79. The fourth-order valence-corrected chi connectivity index (χ4v) is 1.34. The monoisotopic (exact) mass is 245 g/mol. The van der Waals surface area contributed by atoms with Crippen molar-refractivity contribution < 1.29 is 23.4 Å². The number of phenolic OH excluding ortho intramolecular Hbond substituents is 1. The van der Waals surface area contributed by atoms with Gasteiger partial charge in [-0.3, -0.25) is 4.79 Å². The average Bonchev–Trinajstić information content (AvgIpc) is 2.30. The Balaban J connectivity index is 2.78. The fourth-order valence-electron chi connectivity index (χ4n) is 1.34. The number of phenols is 1. The van der Waals surface area contributed by atoms with Gasteiger partial charge in [0.25, 0.3) is 5.91 Å². The normalized spacial score (nSPS) is 10.4. The minimum Gasteiger partial charge on any atom is -0.504 e. The van der Waals surface area contributed by atoms with Crippen LogP contribution >= 0.6 is 0 Å². The van der Waals surface area contributed by atoms with Crippen LogP contribution < -0.4 is 4.74 Å². The van der Waals surface area contributed by atoms with Crippen molar-refractivity contribution in [2.75, 3.05) is 14.2 Å². The number of aromatic hydroxyl groups is 1. The van der Waals surface area contributed by atoms with Crippen molar-refractivity contribution in [3.63, 3.8) is 0 Å². The first-order valence-corrected chi connectivity index (χ1v) is 4.84. The molecule has 0 radical (unpaired) electrons. The number of alkyl halides is 2. The Morgan fingerprint density at radius 2 is 2.18 bits per heavy atom. The van der Waals surface area contributed by atoms with Crippen LogP contribution in [0.1, 0.15) is 5.56 Å². The summed E-state index contributed by atoms with van der Waals surface area (Å²) in [6.07, 6.45) is -3.01. The summed E-state index contributed by atoms with van der Waals surface area (Å²) in [5.74, 6) is -1.04. The minimum absolute atomic E-state index is 0.0276. The van der Waals surface area contributed by atoms with E-state index < -0.39 is 12.3 Å². The Labute approximate surface area is 97.4 Å². The van der Waals surface area contributed by atoms with Gasteiger partial charge >= 0.3 is 6.43 Å².